The minimum absolute atomic E-state index is 0.352. The molecule has 2 aromatic rings. The van der Waals surface area contributed by atoms with Crippen molar-refractivity contribution in [1.82, 2.24) is 10.4 Å². The lowest BCUT2D eigenvalue weighted by molar-refractivity contribution is 0.0954. The molecule has 0 atom stereocenters. The lowest BCUT2D eigenvalue weighted by atomic mass is 10.2. The summed E-state index contributed by atoms with van der Waals surface area (Å²) in [7, 11) is 0. The van der Waals surface area contributed by atoms with Crippen LogP contribution in [0, 0.1) is 0 Å². The number of hydrogen-bond acceptors (Lipinski definition) is 3. The van der Waals surface area contributed by atoms with Gasteiger partial charge in [-0.05, 0) is 39.7 Å². The van der Waals surface area contributed by atoms with Gasteiger partial charge in [0.25, 0.3) is 5.91 Å². The molecule has 7 heteroatoms. The number of rotatable bonds is 3. The standard InChI is InChI=1S/C13H8BrCl2N3O/c14-10-4-9(6-17-7-10)13(20)19-18-5-8-1-2-11(15)12(16)3-8/h1-7H,(H,19,20)/b18-5-. The monoisotopic (exact) mass is 371 g/mol. The van der Waals surface area contributed by atoms with Gasteiger partial charge in [0.05, 0.1) is 21.8 Å². The number of hydrazone groups is 1. The Morgan fingerprint density at radius 3 is 2.75 bits per heavy atom. The van der Waals surface area contributed by atoms with Gasteiger partial charge in [-0.2, -0.15) is 5.10 Å². The summed E-state index contributed by atoms with van der Waals surface area (Å²) in [6.07, 6.45) is 4.52. The number of halogens is 3. The summed E-state index contributed by atoms with van der Waals surface area (Å²) in [5.41, 5.74) is 3.54. The molecule has 0 bridgehead atoms. The second-order valence-electron chi connectivity index (χ2n) is 3.76. The molecule has 0 aliphatic carbocycles. The highest BCUT2D eigenvalue weighted by Crippen LogP contribution is 2.21. The summed E-state index contributed by atoms with van der Waals surface area (Å²) >= 11 is 14.9. The summed E-state index contributed by atoms with van der Waals surface area (Å²) in [6.45, 7) is 0. The molecule has 1 aromatic heterocycles. The number of amides is 1. The second-order valence-corrected chi connectivity index (χ2v) is 5.49. The summed E-state index contributed by atoms with van der Waals surface area (Å²) in [5, 5.41) is 4.74. The maximum atomic E-state index is 11.8. The first-order chi connectivity index (χ1) is 9.56. The third-order valence-electron chi connectivity index (χ3n) is 2.29. The first-order valence-corrected chi connectivity index (χ1v) is 7.00. The molecule has 1 N–H and O–H groups in total. The van der Waals surface area contributed by atoms with E-state index in [1.54, 1.807) is 30.5 Å². The molecule has 0 aliphatic heterocycles. The number of benzene rings is 1. The molecular weight excluding hydrogens is 365 g/mol. The van der Waals surface area contributed by atoms with Crippen LogP contribution in [-0.4, -0.2) is 17.1 Å². The number of aromatic nitrogens is 1. The van der Waals surface area contributed by atoms with Gasteiger partial charge < -0.3 is 0 Å². The van der Waals surface area contributed by atoms with Crippen LogP contribution >= 0.6 is 39.1 Å². The summed E-state index contributed by atoms with van der Waals surface area (Å²) in [5.74, 6) is -0.352. The zero-order valence-corrected chi connectivity index (χ0v) is 13.1. The smallest absolute Gasteiger partial charge is 0.267 e. The Kier molecular flexibility index (Phi) is 5.11. The Bertz CT molecular complexity index is 676. The molecule has 0 fully saturated rings. The van der Waals surface area contributed by atoms with Gasteiger partial charge in [0, 0.05) is 16.9 Å². The quantitative estimate of drug-likeness (QED) is 0.655. The van der Waals surface area contributed by atoms with Crippen LogP contribution in [0.15, 0.2) is 46.2 Å². The van der Waals surface area contributed by atoms with E-state index in [1.165, 1.54) is 12.4 Å². The van der Waals surface area contributed by atoms with Crippen molar-refractivity contribution in [3.05, 3.63) is 62.3 Å². The fourth-order valence-corrected chi connectivity index (χ4v) is 2.03. The SMILES string of the molecule is O=C(N/N=C\c1ccc(Cl)c(Cl)c1)c1cncc(Br)c1. The Morgan fingerprint density at radius 2 is 2.05 bits per heavy atom. The molecule has 4 nitrogen and oxygen atoms in total. The van der Waals surface area contributed by atoms with E-state index < -0.39 is 0 Å². The highest BCUT2D eigenvalue weighted by atomic mass is 79.9. The van der Waals surface area contributed by atoms with E-state index in [1.807, 2.05) is 0 Å². The number of carbonyl (C=O) groups excluding carboxylic acids is 1. The Hall–Kier alpha value is -1.43. The number of carbonyl (C=O) groups is 1. The average molecular weight is 373 g/mol. The number of hydrogen-bond donors (Lipinski definition) is 1. The molecule has 0 unspecified atom stereocenters. The normalized spacial score (nSPS) is 10.8. The van der Waals surface area contributed by atoms with Crippen LogP contribution in [-0.2, 0) is 0 Å². The minimum Gasteiger partial charge on any atom is -0.267 e. The third kappa shape index (κ3) is 4.03. The van der Waals surface area contributed by atoms with Crippen molar-refractivity contribution in [2.75, 3.05) is 0 Å². The molecule has 0 aliphatic rings. The van der Waals surface area contributed by atoms with Crippen molar-refractivity contribution in [3.63, 3.8) is 0 Å². The fraction of sp³-hybridized carbons (Fsp3) is 0. The van der Waals surface area contributed by atoms with E-state index in [4.69, 9.17) is 23.2 Å². The number of nitrogens with zero attached hydrogens (tertiary/aromatic N) is 2. The first kappa shape index (κ1) is 15.0. The van der Waals surface area contributed by atoms with Crippen LogP contribution in [0.2, 0.25) is 10.0 Å². The predicted molar refractivity (Wildman–Crippen MR) is 83.5 cm³/mol. The summed E-state index contributed by atoms with van der Waals surface area (Å²) in [4.78, 5) is 15.7. The molecular formula is C13H8BrCl2N3O. The fourth-order valence-electron chi connectivity index (χ4n) is 1.36. The van der Waals surface area contributed by atoms with Crippen LogP contribution < -0.4 is 5.43 Å². The van der Waals surface area contributed by atoms with Crippen molar-refractivity contribution in [3.8, 4) is 0 Å². The van der Waals surface area contributed by atoms with Gasteiger partial charge in [0.1, 0.15) is 0 Å². The topological polar surface area (TPSA) is 54.4 Å². The molecule has 20 heavy (non-hydrogen) atoms. The van der Waals surface area contributed by atoms with Gasteiger partial charge in [-0.3, -0.25) is 9.78 Å². The molecule has 0 saturated carbocycles. The highest BCUT2D eigenvalue weighted by Gasteiger charge is 2.04. The van der Waals surface area contributed by atoms with E-state index in [9.17, 15) is 4.79 Å². The molecule has 102 valence electrons. The Labute approximate surface area is 133 Å². The average Bonchev–Trinajstić information content (AvgIpc) is 2.42. The zero-order chi connectivity index (χ0) is 14.5. The van der Waals surface area contributed by atoms with Gasteiger partial charge in [-0.15, -0.1) is 0 Å². The molecule has 1 heterocycles. The van der Waals surface area contributed by atoms with Gasteiger partial charge in [-0.25, -0.2) is 5.43 Å². The van der Waals surface area contributed by atoms with Crippen molar-refractivity contribution in [2.45, 2.75) is 0 Å². The molecule has 1 aromatic carbocycles. The summed E-state index contributed by atoms with van der Waals surface area (Å²) < 4.78 is 0.721. The van der Waals surface area contributed by atoms with Crippen molar-refractivity contribution in [2.24, 2.45) is 5.10 Å². The largest absolute Gasteiger partial charge is 0.272 e. The van der Waals surface area contributed by atoms with Gasteiger partial charge in [0.2, 0.25) is 0 Å². The van der Waals surface area contributed by atoms with E-state index in [2.05, 4.69) is 31.4 Å². The van der Waals surface area contributed by atoms with E-state index in [-0.39, 0.29) is 5.91 Å². The van der Waals surface area contributed by atoms with Crippen LogP contribution in [0.1, 0.15) is 15.9 Å². The van der Waals surface area contributed by atoms with Crippen molar-refractivity contribution >= 4 is 51.3 Å². The van der Waals surface area contributed by atoms with Gasteiger partial charge >= 0.3 is 0 Å². The predicted octanol–water partition coefficient (Wildman–Crippen LogP) is 3.91. The van der Waals surface area contributed by atoms with Crippen LogP contribution in [0.25, 0.3) is 0 Å². The van der Waals surface area contributed by atoms with Gasteiger partial charge in [0.15, 0.2) is 0 Å². The first-order valence-electron chi connectivity index (χ1n) is 5.45. The Morgan fingerprint density at radius 1 is 1.25 bits per heavy atom. The van der Waals surface area contributed by atoms with Crippen LogP contribution in [0.5, 0.6) is 0 Å². The number of nitrogens with one attached hydrogen (secondary N) is 1. The lowest BCUT2D eigenvalue weighted by Gasteiger charge is -2.00. The Balaban J connectivity index is 2.02. The second kappa shape index (κ2) is 6.83. The molecule has 0 saturated heterocycles. The molecule has 2 rings (SSSR count). The van der Waals surface area contributed by atoms with Crippen LogP contribution in [0.4, 0.5) is 0 Å². The molecule has 0 radical (unpaired) electrons. The minimum atomic E-state index is -0.352. The summed E-state index contributed by atoms with van der Waals surface area (Å²) in [6, 6.07) is 6.70. The lowest BCUT2D eigenvalue weighted by Crippen LogP contribution is -2.17. The zero-order valence-electron chi connectivity index (χ0n) is 9.98. The van der Waals surface area contributed by atoms with Crippen LogP contribution in [0.3, 0.4) is 0 Å². The maximum absolute atomic E-state index is 11.8. The van der Waals surface area contributed by atoms with Crippen molar-refractivity contribution in [1.29, 1.82) is 0 Å². The van der Waals surface area contributed by atoms with Gasteiger partial charge in [-0.1, -0.05) is 29.3 Å². The molecule has 1 amide bonds. The maximum Gasteiger partial charge on any atom is 0.272 e. The highest BCUT2D eigenvalue weighted by molar-refractivity contribution is 9.10. The third-order valence-corrected chi connectivity index (χ3v) is 3.46. The van der Waals surface area contributed by atoms with E-state index >= 15 is 0 Å². The molecule has 0 spiro atoms. The van der Waals surface area contributed by atoms with E-state index in [0.29, 0.717) is 15.6 Å². The van der Waals surface area contributed by atoms with Crippen molar-refractivity contribution < 1.29 is 4.79 Å². The van der Waals surface area contributed by atoms with E-state index in [0.717, 1.165) is 10.0 Å². The number of pyridine rings is 1.